The summed E-state index contributed by atoms with van der Waals surface area (Å²) in [5.41, 5.74) is 14.3. The van der Waals surface area contributed by atoms with E-state index in [-0.39, 0.29) is 0 Å². The van der Waals surface area contributed by atoms with Crippen LogP contribution in [0.25, 0.3) is 115 Å². The SMILES string of the molecule is c1cnc2c(c1)ccc1c2c2cc(-c3cc(-n4c5ccccc5c5ccccc54)cc(-n4c5ccccc5c5ccccc54)c3)ccc2n2c3ccccc3nc12. The molecule has 5 aromatic heterocycles. The van der Waals surface area contributed by atoms with Crippen LogP contribution in [0, 0.1) is 0 Å². The van der Waals surface area contributed by atoms with Gasteiger partial charge in [-0.3, -0.25) is 9.38 Å². The number of hydrogen-bond donors (Lipinski definition) is 0. The minimum Gasteiger partial charge on any atom is -0.309 e. The lowest BCUT2D eigenvalue weighted by molar-refractivity contribution is 1.13. The number of nitrogens with zero attached hydrogens (tertiary/aromatic N) is 5. The van der Waals surface area contributed by atoms with Crippen LogP contribution in [0.3, 0.4) is 0 Å². The van der Waals surface area contributed by atoms with Crippen molar-refractivity contribution < 1.29 is 0 Å². The van der Waals surface area contributed by atoms with Gasteiger partial charge in [-0.05, 0) is 90.0 Å². The number of para-hydroxylation sites is 6. The number of imidazole rings is 1. The Morgan fingerprint density at radius 3 is 1.54 bits per heavy atom. The highest BCUT2D eigenvalue weighted by molar-refractivity contribution is 6.23. The first kappa shape index (κ1) is 30.6. The predicted octanol–water partition coefficient (Wildman–Crippen LogP) is 13.2. The van der Waals surface area contributed by atoms with Crippen LogP contribution in [0.5, 0.6) is 0 Å². The Hall–Kier alpha value is -7.76. The average Bonchev–Trinajstić information content (AvgIpc) is 3.94. The molecule has 0 aliphatic rings. The summed E-state index contributed by atoms with van der Waals surface area (Å²) in [4.78, 5) is 10.2. The van der Waals surface area contributed by atoms with Gasteiger partial charge < -0.3 is 9.13 Å². The molecule has 0 saturated carbocycles. The molecule has 0 radical (unpaired) electrons. The summed E-state index contributed by atoms with van der Waals surface area (Å²) >= 11 is 0. The van der Waals surface area contributed by atoms with Gasteiger partial charge in [-0.2, -0.15) is 0 Å². The zero-order valence-corrected chi connectivity index (χ0v) is 30.6. The zero-order chi connectivity index (χ0) is 37.2. The summed E-state index contributed by atoms with van der Waals surface area (Å²) in [6.07, 6.45) is 1.90. The monoisotopic (exact) mass is 725 g/mol. The van der Waals surface area contributed by atoms with Crippen LogP contribution in [-0.4, -0.2) is 23.5 Å². The molecule has 0 amide bonds. The van der Waals surface area contributed by atoms with Gasteiger partial charge in [0, 0.05) is 60.7 Å². The molecule has 5 heterocycles. The zero-order valence-electron chi connectivity index (χ0n) is 30.6. The third kappa shape index (κ3) is 4.23. The van der Waals surface area contributed by atoms with Gasteiger partial charge in [0.05, 0.1) is 44.1 Å². The molecule has 5 heteroatoms. The summed E-state index contributed by atoms with van der Waals surface area (Å²) in [5, 5.41) is 9.42. The predicted molar refractivity (Wildman–Crippen MR) is 237 cm³/mol. The van der Waals surface area contributed by atoms with Crippen molar-refractivity contribution in [2.75, 3.05) is 0 Å². The van der Waals surface area contributed by atoms with Crippen LogP contribution < -0.4 is 0 Å². The lowest BCUT2D eigenvalue weighted by Crippen LogP contribution is -2.00. The van der Waals surface area contributed by atoms with Crippen molar-refractivity contribution in [3.63, 3.8) is 0 Å². The fourth-order valence-electron chi connectivity index (χ4n) is 9.59. The van der Waals surface area contributed by atoms with E-state index in [1.165, 1.54) is 43.6 Å². The van der Waals surface area contributed by atoms with E-state index in [2.05, 4.69) is 189 Å². The molecule has 5 nitrogen and oxygen atoms in total. The Balaban J connectivity index is 1.17. The molecule has 264 valence electrons. The van der Waals surface area contributed by atoms with Gasteiger partial charge in [0.25, 0.3) is 0 Å². The van der Waals surface area contributed by atoms with Crippen molar-refractivity contribution in [2.24, 2.45) is 0 Å². The minimum absolute atomic E-state index is 0.945. The molecule has 13 rings (SSSR count). The van der Waals surface area contributed by atoms with Crippen LogP contribution in [0.4, 0.5) is 0 Å². The maximum absolute atomic E-state index is 5.19. The van der Waals surface area contributed by atoms with E-state index in [1.807, 2.05) is 12.3 Å². The van der Waals surface area contributed by atoms with E-state index < -0.39 is 0 Å². The molecule has 8 aromatic carbocycles. The molecule has 0 unspecified atom stereocenters. The second-order valence-electron chi connectivity index (χ2n) is 15.0. The quantitative estimate of drug-likeness (QED) is 0.170. The Labute approximate surface area is 325 Å². The van der Waals surface area contributed by atoms with Crippen molar-refractivity contribution in [2.45, 2.75) is 0 Å². The van der Waals surface area contributed by atoms with Gasteiger partial charge in [-0.25, -0.2) is 4.98 Å². The van der Waals surface area contributed by atoms with E-state index >= 15 is 0 Å². The fraction of sp³-hybridized carbons (Fsp3) is 0. The smallest absolute Gasteiger partial charge is 0.146 e. The Kier molecular flexibility index (Phi) is 6.10. The Morgan fingerprint density at radius 2 is 0.930 bits per heavy atom. The van der Waals surface area contributed by atoms with Crippen LogP contribution >= 0.6 is 0 Å². The van der Waals surface area contributed by atoms with Crippen LogP contribution in [0.1, 0.15) is 0 Å². The molecule has 13 aromatic rings. The summed E-state index contributed by atoms with van der Waals surface area (Å²) < 4.78 is 7.19. The van der Waals surface area contributed by atoms with Crippen LogP contribution in [-0.2, 0) is 0 Å². The van der Waals surface area contributed by atoms with Gasteiger partial charge in [0.15, 0.2) is 0 Å². The second-order valence-corrected chi connectivity index (χ2v) is 15.0. The molecule has 0 aliphatic heterocycles. The summed E-state index contributed by atoms with van der Waals surface area (Å²) in [6, 6.07) is 66.0. The molecule has 0 aliphatic carbocycles. The van der Waals surface area contributed by atoms with Crippen molar-refractivity contribution in [3.8, 4) is 22.5 Å². The highest BCUT2D eigenvalue weighted by Gasteiger charge is 2.20. The third-order valence-electron chi connectivity index (χ3n) is 12.0. The summed E-state index contributed by atoms with van der Waals surface area (Å²) in [6.45, 7) is 0. The van der Waals surface area contributed by atoms with E-state index in [1.54, 1.807) is 0 Å². The van der Waals surface area contributed by atoms with Gasteiger partial charge in [0.2, 0.25) is 0 Å². The summed E-state index contributed by atoms with van der Waals surface area (Å²) in [7, 11) is 0. The first-order valence-corrected chi connectivity index (χ1v) is 19.4. The molecule has 0 N–H and O–H groups in total. The third-order valence-corrected chi connectivity index (χ3v) is 12.0. The van der Waals surface area contributed by atoms with Gasteiger partial charge in [-0.1, -0.05) is 103 Å². The van der Waals surface area contributed by atoms with E-state index in [9.17, 15) is 0 Å². The van der Waals surface area contributed by atoms with Crippen molar-refractivity contribution in [3.05, 3.63) is 188 Å². The van der Waals surface area contributed by atoms with E-state index in [0.29, 0.717) is 0 Å². The normalized spacial score (nSPS) is 12.2. The second kappa shape index (κ2) is 11.4. The minimum atomic E-state index is 0.945. The number of hydrogen-bond acceptors (Lipinski definition) is 2. The molecule has 0 saturated heterocycles. The highest BCUT2D eigenvalue weighted by Crippen LogP contribution is 2.41. The molecule has 57 heavy (non-hydrogen) atoms. The van der Waals surface area contributed by atoms with E-state index in [4.69, 9.17) is 9.97 Å². The first-order chi connectivity index (χ1) is 28.3. The molecular weight excluding hydrogens is 695 g/mol. The standard InChI is InChI=1S/C52H31N5/c1-6-18-44-37(13-1)38-14-2-7-19-45(38)55(44)35-28-34(29-36(31-35)56-46-20-8-3-15-39(46)40-16-4-9-21-47(40)56)33-24-26-48-42(30-33)50-41(25-23-32-12-11-27-53-51(32)50)52-54-43-17-5-10-22-49(43)57(48)52/h1-31H. The van der Waals surface area contributed by atoms with Crippen LogP contribution in [0.15, 0.2) is 188 Å². The van der Waals surface area contributed by atoms with Crippen molar-refractivity contribution in [1.29, 1.82) is 0 Å². The Morgan fingerprint density at radius 1 is 0.368 bits per heavy atom. The van der Waals surface area contributed by atoms with Crippen molar-refractivity contribution >= 4 is 92.9 Å². The lowest BCUT2D eigenvalue weighted by Gasteiger charge is -2.17. The lowest BCUT2D eigenvalue weighted by atomic mass is 9.97. The molecule has 0 spiro atoms. The largest absolute Gasteiger partial charge is 0.309 e. The molecule has 0 atom stereocenters. The van der Waals surface area contributed by atoms with Gasteiger partial charge in [-0.15, -0.1) is 0 Å². The number of aromatic nitrogens is 5. The number of pyridine rings is 2. The molecule has 0 fully saturated rings. The topological polar surface area (TPSA) is 40.0 Å². The average molecular weight is 726 g/mol. The fourth-order valence-corrected chi connectivity index (χ4v) is 9.59. The number of benzene rings is 8. The van der Waals surface area contributed by atoms with E-state index in [0.717, 1.165) is 71.8 Å². The maximum Gasteiger partial charge on any atom is 0.146 e. The first-order valence-electron chi connectivity index (χ1n) is 19.4. The highest BCUT2D eigenvalue weighted by atomic mass is 15.0. The molecular formula is C52H31N5. The van der Waals surface area contributed by atoms with Gasteiger partial charge in [0.1, 0.15) is 5.65 Å². The summed E-state index contributed by atoms with van der Waals surface area (Å²) in [5.74, 6) is 0. The number of fused-ring (bicyclic) bond motifs is 16. The van der Waals surface area contributed by atoms with Gasteiger partial charge >= 0.3 is 0 Å². The number of rotatable bonds is 3. The van der Waals surface area contributed by atoms with Crippen LogP contribution in [0.2, 0.25) is 0 Å². The Bertz CT molecular complexity index is 3590. The maximum atomic E-state index is 5.19. The molecule has 0 bridgehead atoms. The van der Waals surface area contributed by atoms with Crippen molar-refractivity contribution in [1.82, 2.24) is 23.5 Å².